The highest BCUT2D eigenvalue weighted by Gasteiger charge is 2.22. The molecule has 1 N–H and O–H groups in total. The summed E-state index contributed by atoms with van der Waals surface area (Å²) in [5.74, 6) is 0.570. The van der Waals surface area contributed by atoms with Gasteiger partial charge in [-0.05, 0) is 36.8 Å². The first-order valence-electron chi connectivity index (χ1n) is 7.90. The van der Waals surface area contributed by atoms with Gasteiger partial charge in [0, 0.05) is 5.56 Å². The minimum atomic E-state index is -0.532. The molecule has 1 heterocycles. The lowest BCUT2D eigenvalue weighted by Gasteiger charge is -2.19. The third-order valence-electron chi connectivity index (χ3n) is 4.02. The summed E-state index contributed by atoms with van der Waals surface area (Å²) in [5.41, 5.74) is 2.34. The summed E-state index contributed by atoms with van der Waals surface area (Å²) >= 11 is 0. The van der Waals surface area contributed by atoms with Crippen LogP contribution in [-0.4, -0.2) is 25.8 Å². The summed E-state index contributed by atoms with van der Waals surface area (Å²) in [5, 5.41) is 2.89. The van der Waals surface area contributed by atoms with E-state index in [1.54, 1.807) is 30.3 Å². The molecule has 0 spiro atoms. The molecule has 0 unspecified atom stereocenters. The van der Waals surface area contributed by atoms with Gasteiger partial charge in [-0.2, -0.15) is 0 Å². The number of fused-ring (bicyclic) bond motifs is 1. The Hall–Kier alpha value is -3.02. The number of benzene rings is 2. The molecule has 6 heteroatoms. The van der Waals surface area contributed by atoms with Crippen molar-refractivity contribution in [3.05, 3.63) is 59.2 Å². The van der Waals surface area contributed by atoms with Gasteiger partial charge in [-0.1, -0.05) is 23.8 Å². The van der Waals surface area contributed by atoms with E-state index in [9.17, 15) is 9.59 Å². The summed E-state index contributed by atoms with van der Waals surface area (Å²) in [6.45, 7) is 2.12. The molecular formula is C19H19NO5. The second-order valence-electron chi connectivity index (χ2n) is 5.79. The SMILES string of the molecule is COC(=O)C[C@@H](NC(=O)c1ccc(C)cc1)c1ccc2c(c1)OCO2. The van der Waals surface area contributed by atoms with Gasteiger partial charge in [0.25, 0.3) is 5.91 Å². The average molecular weight is 341 g/mol. The number of hydrogen-bond donors (Lipinski definition) is 1. The maximum atomic E-state index is 12.5. The van der Waals surface area contributed by atoms with Crippen molar-refractivity contribution in [3.8, 4) is 11.5 Å². The molecule has 130 valence electrons. The second-order valence-corrected chi connectivity index (χ2v) is 5.79. The maximum Gasteiger partial charge on any atom is 0.307 e. The van der Waals surface area contributed by atoms with Crippen LogP contribution in [0.5, 0.6) is 11.5 Å². The van der Waals surface area contributed by atoms with E-state index in [-0.39, 0.29) is 19.1 Å². The Bertz CT molecular complexity index is 785. The van der Waals surface area contributed by atoms with Gasteiger partial charge in [0.15, 0.2) is 11.5 Å². The van der Waals surface area contributed by atoms with Gasteiger partial charge in [0.1, 0.15) is 0 Å². The number of nitrogens with one attached hydrogen (secondary N) is 1. The van der Waals surface area contributed by atoms with Crippen LogP contribution < -0.4 is 14.8 Å². The second kappa shape index (κ2) is 7.25. The van der Waals surface area contributed by atoms with Crippen molar-refractivity contribution >= 4 is 11.9 Å². The highest BCUT2D eigenvalue weighted by atomic mass is 16.7. The molecule has 0 saturated carbocycles. The maximum absolute atomic E-state index is 12.5. The predicted molar refractivity (Wildman–Crippen MR) is 90.6 cm³/mol. The van der Waals surface area contributed by atoms with E-state index in [1.165, 1.54) is 7.11 Å². The minimum Gasteiger partial charge on any atom is -0.469 e. The van der Waals surface area contributed by atoms with Gasteiger partial charge in [-0.3, -0.25) is 9.59 Å². The third kappa shape index (κ3) is 3.91. The van der Waals surface area contributed by atoms with Crippen molar-refractivity contribution in [3.63, 3.8) is 0 Å². The molecule has 0 aliphatic carbocycles. The molecule has 2 aromatic carbocycles. The topological polar surface area (TPSA) is 73.9 Å². The Kier molecular flexibility index (Phi) is 4.88. The van der Waals surface area contributed by atoms with E-state index in [4.69, 9.17) is 14.2 Å². The Morgan fingerprint density at radius 2 is 1.84 bits per heavy atom. The van der Waals surface area contributed by atoms with Crippen molar-refractivity contribution in [2.45, 2.75) is 19.4 Å². The summed E-state index contributed by atoms with van der Waals surface area (Å²) in [7, 11) is 1.32. The Morgan fingerprint density at radius 1 is 1.12 bits per heavy atom. The number of hydrogen-bond acceptors (Lipinski definition) is 5. The lowest BCUT2D eigenvalue weighted by molar-refractivity contribution is -0.141. The lowest BCUT2D eigenvalue weighted by Crippen LogP contribution is -2.30. The number of esters is 1. The van der Waals surface area contributed by atoms with Crippen LogP contribution >= 0.6 is 0 Å². The average Bonchev–Trinajstić information content (AvgIpc) is 3.09. The zero-order chi connectivity index (χ0) is 17.8. The van der Waals surface area contributed by atoms with Crippen molar-refractivity contribution in [2.75, 3.05) is 13.9 Å². The molecule has 0 fully saturated rings. The fourth-order valence-corrected chi connectivity index (χ4v) is 2.58. The summed E-state index contributed by atoms with van der Waals surface area (Å²) in [4.78, 5) is 24.3. The molecular weight excluding hydrogens is 322 g/mol. The quantitative estimate of drug-likeness (QED) is 0.847. The van der Waals surface area contributed by atoms with Crippen LogP contribution in [0.3, 0.4) is 0 Å². The van der Waals surface area contributed by atoms with Crippen LogP contribution in [0.1, 0.15) is 33.9 Å². The molecule has 3 rings (SSSR count). The Morgan fingerprint density at radius 3 is 2.56 bits per heavy atom. The van der Waals surface area contributed by atoms with E-state index >= 15 is 0 Å². The number of amides is 1. The largest absolute Gasteiger partial charge is 0.469 e. The summed E-state index contributed by atoms with van der Waals surface area (Å²) < 4.78 is 15.4. The van der Waals surface area contributed by atoms with Gasteiger partial charge in [0.05, 0.1) is 19.6 Å². The molecule has 0 aromatic heterocycles. The van der Waals surface area contributed by atoms with E-state index in [2.05, 4.69) is 5.32 Å². The van der Waals surface area contributed by atoms with Crippen molar-refractivity contribution in [1.82, 2.24) is 5.32 Å². The van der Waals surface area contributed by atoms with Crippen LogP contribution in [0.15, 0.2) is 42.5 Å². The fraction of sp³-hybridized carbons (Fsp3) is 0.263. The van der Waals surface area contributed by atoms with Gasteiger partial charge in [-0.15, -0.1) is 0 Å². The smallest absolute Gasteiger partial charge is 0.307 e. The predicted octanol–water partition coefficient (Wildman–Crippen LogP) is 2.76. The number of carbonyl (C=O) groups is 2. The van der Waals surface area contributed by atoms with Crippen molar-refractivity contribution in [1.29, 1.82) is 0 Å². The third-order valence-corrected chi connectivity index (χ3v) is 4.02. The fourth-order valence-electron chi connectivity index (χ4n) is 2.58. The van der Waals surface area contributed by atoms with Crippen molar-refractivity contribution in [2.24, 2.45) is 0 Å². The zero-order valence-electron chi connectivity index (χ0n) is 14.1. The molecule has 6 nitrogen and oxygen atoms in total. The highest BCUT2D eigenvalue weighted by Crippen LogP contribution is 2.35. The van der Waals surface area contributed by atoms with Crippen LogP contribution in [0.25, 0.3) is 0 Å². The number of methoxy groups -OCH3 is 1. The van der Waals surface area contributed by atoms with Crippen LogP contribution in [-0.2, 0) is 9.53 Å². The molecule has 1 aliphatic rings. The standard InChI is InChI=1S/C19H19NO5/c1-12-3-5-13(6-4-12)19(22)20-15(10-18(21)23-2)14-7-8-16-17(9-14)25-11-24-16/h3-9,15H,10-11H2,1-2H3,(H,20,22)/t15-/m1/s1. The number of rotatable bonds is 5. The van der Waals surface area contributed by atoms with Gasteiger partial charge in [0.2, 0.25) is 6.79 Å². The van der Waals surface area contributed by atoms with Gasteiger partial charge >= 0.3 is 5.97 Å². The monoisotopic (exact) mass is 341 g/mol. The molecule has 0 saturated heterocycles. The zero-order valence-corrected chi connectivity index (χ0v) is 14.1. The first-order valence-corrected chi connectivity index (χ1v) is 7.90. The van der Waals surface area contributed by atoms with E-state index < -0.39 is 12.0 Å². The van der Waals surface area contributed by atoms with Crippen molar-refractivity contribution < 1.29 is 23.8 Å². The molecule has 1 atom stereocenters. The van der Waals surface area contributed by atoms with Crippen LogP contribution in [0.2, 0.25) is 0 Å². The molecule has 1 amide bonds. The van der Waals surface area contributed by atoms with Crippen LogP contribution in [0, 0.1) is 6.92 Å². The number of carbonyl (C=O) groups excluding carboxylic acids is 2. The molecule has 1 aliphatic heterocycles. The highest BCUT2D eigenvalue weighted by molar-refractivity contribution is 5.94. The molecule has 0 bridgehead atoms. The molecule has 2 aromatic rings. The van der Waals surface area contributed by atoms with Gasteiger partial charge in [-0.25, -0.2) is 0 Å². The molecule has 25 heavy (non-hydrogen) atoms. The lowest BCUT2D eigenvalue weighted by atomic mass is 10.0. The molecule has 0 radical (unpaired) electrons. The summed E-state index contributed by atoms with van der Waals surface area (Å²) in [6, 6.07) is 12.0. The van der Waals surface area contributed by atoms with Gasteiger partial charge < -0.3 is 19.5 Å². The summed E-state index contributed by atoms with van der Waals surface area (Å²) in [6.07, 6.45) is 0.0216. The van der Waals surface area contributed by atoms with E-state index in [0.717, 1.165) is 11.1 Å². The van der Waals surface area contributed by atoms with E-state index in [0.29, 0.717) is 17.1 Å². The first kappa shape index (κ1) is 16.8. The van der Waals surface area contributed by atoms with E-state index in [1.807, 2.05) is 19.1 Å². The van der Waals surface area contributed by atoms with Crippen LogP contribution in [0.4, 0.5) is 0 Å². The minimum absolute atomic E-state index is 0.0216. The number of aryl methyl sites for hydroxylation is 1. The normalized spacial score (nSPS) is 13.2. The Labute approximate surface area is 145 Å². The Balaban J connectivity index is 1.83. The first-order chi connectivity index (χ1) is 12.1. The number of ether oxygens (including phenoxy) is 3.